The second-order valence-corrected chi connectivity index (χ2v) is 11.8. The number of nitrogens with two attached hydrogens (primary N) is 1. The monoisotopic (exact) mass is 584 g/mol. The van der Waals surface area contributed by atoms with Crippen molar-refractivity contribution < 1.29 is 14.3 Å². The normalized spacial score (nSPS) is 13.0. The van der Waals surface area contributed by atoms with Gasteiger partial charge in [0.05, 0.1) is 4.75 Å². The SMILES string of the molecule is CN(C(=O)OC1c2ccccc2-c2ccccc21)[C@@H](CSC(c1ccccc1)(c1ccccc1)c1ccccc1)C(N)=O. The Labute approximate surface area is 256 Å². The van der Waals surface area contributed by atoms with E-state index < -0.39 is 28.9 Å². The first-order chi connectivity index (χ1) is 21.0. The molecule has 5 aromatic rings. The fourth-order valence-electron chi connectivity index (χ4n) is 5.90. The largest absolute Gasteiger partial charge is 0.436 e. The van der Waals surface area contributed by atoms with Crippen LogP contribution in [0.5, 0.6) is 0 Å². The van der Waals surface area contributed by atoms with Crippen molar-refractivity contribution in [2.45, 2.75) is 16.9 Å². The summed E-state index contributed by atoms with van der Waals surface area (Å²) < 4.78 is 5.45. The minimum atomic E-state index is -0.917. The molecule has 5 aromatic carbocycles. The number of thioether (sulfide) groups is 1. The first-order valence-electron chi connectivity index (χ1n) is 14.2. The summed E-state index contributed by atoms with van der Waals surface area (Å²) in [6.45, 7) is 0. The zero-order chi connectivity index (χ0) is 29.8. The number of amides is 2. The van der Waals surface area contributed by atoms with E-state index in [9.17, 15) is 9.59 Å². The molecule has 214 valence electrons. The molecular weight excluding hydrogens is 552 g/mol. The molecule has 2 amide bonds. The lowest BCUT2D eigenvalue weighted by molar-refractivity contribution is -0.121. The highest BCUT2D eigenvalue weighted by atomic mass is 32.2. The predicted octanol–water partition coefficient (Wildman–Crippen LogP) is 7.40. The van der Waals surface area contributed by atoms with Crippen LogP contribution in [-0.4, -0.2) is 35.7 Å². The van der Waals surface area contributed by atoms with E-state index in [0.717, 1.165) is 38.9 Å². The van der Waals surface area contributed by atoms with Gasteiger partial charge in [0.15, 0.2) is 6.10 Å². The van der Waals surface area contributed by atoms with Gasteiger partial charge in [0.2, 0.25) is 5.91 Å². The van der Waals surface area contributed by atoms with Gasteiger partial charge in [-0.3, -0.25) is 9.69 Å². The summed E-state index contributed by atoms with van der Waals surface area (Å²) in [7, 11) is 1.58. The van der Waals surface area contributed by atoms with Crippen LogP contribution >= 0.6 is 11.8 Å². The number of nitrogens with zero attached hydrogens (tertiary/aromatic N) is 1. The molecule has 0 aromatic heterocycles. The number of hydrogen-bond donors (Lipinski definition) is 1. The molecule has 6 heteroatoms. The third-order valence-electron chi connectivity index (χ3n) is 8.08. The molecule has 0 radical (unpaired) electrons. The van der Waals surface area contributed by atoms with Crippen LogP contribution in [0.1, 0.15) is 33.9 Å². The average Bonchev–Trinajstić information content (AvgIpc) is 3.37. The molecule has 0 bridgehead atoms. The van der Waals surface area contributed by atoms with Gasteiger partial charge in [0.1, 0.15) is 6.04 Å². The number of ether oxygens (including phenoxy) is 1. The smallest absolute Gasteiger partial charge is 0.411 e. The minimum absolute atomic E-state index is 0.247. The molecule has 0 heterocycles. The molecule has 0 saturated carbocycles. The van der Waals surface area contributed by atoms with Crippen molar-refractivity contribution in [2.24, 2.45) is 5.73 Å². The molecular formula is C37H32N2O3S. The van der Waals surface area contributed by atoms with Crippen molar-refractivity contribution in [3.8, 4) is 11.1 Å². The zero-order valence-electron chi connectivity index (χ0n) is 23.8. The average molecular weight is 585 g/mol. The first-order valence-corrected chi connectivity index (χ1v) is 15.2. The highest BCUT2D eigenvalue weighted by Crippen LogP contribution is 2.49. The molecule has 6 rings (SSSR count). The zero-order valence-corrected chi connectivity index (χ0v) is 24.6. The molecule has 1 aliphatic rings. The maximum atomic E-state index is 13.7. The van der Waals surface area contributed by atoms with Gasteiger partial charge in [0.25, 0.3) is 0 Å². The van der Waals surface area contributed by atoms with Gasteiger partial charge in [-0.2, -0.15) is 0 Å². The van der Waals surface area contributed by atoms with Gasteiger partial charge in [-0.25, -0.2) is 4.79 Å². The van der Waals surface area contributed by atoms with E-state index in [4.69, 9.17) is 10.5 Å². The van der Waals surface area contributed by atoms with E-state index in [1.165, 1.54) is 4.90 Å². The third-order valence-corrected chi connectivity index (χ3v) is 9.70. The molecule has 1 atom stereocenters. The molecule has 0 unspecified atom stereocenters. The Morgan fingerprint density at radius 1 is 0.698 bits per heavy atom. The van der Waals surface area contributed by atoms with Gasteiger partial charge >= 0.3 is 6.09 Å². The lowest BCUT2D eigenvalue weighted by Gasteiger charge is -2.37. The number of fused-ring (bicyclic) bond motifs is 3. The summed E-state index contributed by atoms with van der Waals surface area (Å²) in [5.41, 5.74) is 13.1. The summed E-state index contributed by atoms with van der Waals surface area (Å²) in [6, 6.07) is 45.6. The molecule has 1 aliphatic carbocycles. The van der Waals surface area contributed by atoms with Crippen molar-refractivity contribution in [1.29, 1.82) is 0 Å². The third kappa shape index (κ3) is 5.30. The minimum Gasteiger partial charge on any atom is -0.436 e. The molecule has 0 saturated heterocycles. The summed E-state index contributed by atoms with van der Waals surface area (Å²) >= 11 is 1.58. The Bertz CT molecular complexity index is 1590. The lowest BCUT2D eigenvalue weighted by Crippen LogP contribution is -2.48. The van der Waals surface area contributed by atoms with E-state index in [1.807, 2.05) is 103 Å². The van der Waals surface area contributed by atoms with Gasteiger partial charge in [0, 0.05) is 23.9 Å². The van der Waals surface area contributed by atoms with Crippen molar-refractivity contribution >= 4 is 23.8 Å². The molecule has 43 heavy (non-hydrogen) atoms. The Morgan fingerprint density at radius 3 is 1.51 bits per heavy atom. The van der Waals surface area contributed by atoms with Crippen molar-refractivity contribution in [1.82, 2.24) is 4.90 Å². The number of primary amides is 1. The van der Waals surface area contributed by atoms with Crippen LogP contribution in [0.25, 0.3) is 11.1 Å². The second kappa shape index (κ2) is 12.2. The van der Waals surface area contributed by atoms with Crippen molar-refractivity contribution in [3.05, 3.63) is 167 Å². The number of benzene rings is 5. The topological polar surface area (TPSA) is 72.6 Å². The van der Waals surface area contributed by atoms with E-state index in [0.29, 0.717) is 0 Å². The Morgan fingerprint density at radius 2 is 1.09 bits per heavy atom. The lowest BCUT2D eigenvalue weighted by atomic mass is 9.84. The second-order valence-electron chi connectivity index (χ2n) is 10.6. The molecule has 0 fully saturated rings. The van der Waals surface area contributed by atoms with E-state index in [2.05, 4.69) is 36.4 Å². The maximum absolute atomic E-state index is 13.7. The standard InChI is InChI=1S/C37H32N2O3S/c1-39(36(41)42-34-31-23-13-11-21-29(31)30-22-12-14-24-32(30)34)33(35(38)40)25-43-37(26-15-5-2-6-16-26,27-17-7-3-8-18-27)28-19-9-4-10-20-28/h2-24,33-34H,25H2,1H3,(H2,38,40)/t33-/m0/s1. The predicted molar refractivity (Wildman–Crippen MR) is 173 cm³/mol. The van der Waals surface area contributed by atoms with E-state index in [-0.39, 0.29) is 5.75 Å². The summed E-state index contributed by atoms with van der Waals surface area (Å²) in [4.78, 5) is 28.0. The van der Waals surface area contributed by atoms with Gasteiger partial charge in [-0.05, 0) is 27.8 Å². The van der Waals surface area contributed by atoms with Crippen LogP contribution in [0.4, 0.5) is 4.79 Å². The van der Waals surface area contributed by atoms with E-state index in [1.54, 1.807) is 18.8 Å². The Kier molecular flexibility index (Phi) is 8.03. The number of carbonyl (C=O) groups is 2. The number of hydrogen-bond acceptors (Lipinski definition) is 4. The molecule has 2 N–H and O–H groups in total. The Balaban J connectivity index is 1.32. The van der Waals surface area contributed by atoms with Gasteiger partial charge in [-0.15, -0.1) is 11.8 Å². The maximum Gasteiger partial charge on any atom is 0.411 e. The quantitative estimate of drug-likeness (QED) is 0.183. The van der Waals surface area contributed by atoms with Crippen molar-refractivity contribution in [2.75, 3.05) is 12.8 Å². The highest BCUT2D eigenvalue weighted by Gasteiger charge is 2.40. The Hall–Kier alpha value is -4.81. The number of carbonyl (C=O) groups excluding carboxylic acids is 2. The van der Waals surface area contributed by atoms with Gasteiger partial charge in [-0.1, -0.05) is 140 Å². The van der Waals surface area contributed by atoms with Crippen LogP contribution in [0.3, 0.4) is 0 Å². The van der Waals surface area contributed by atoms with Crippen LogP contribution in [0.2, 0.25) is 0 Å². The molecule has 5 nitrogen and oxygen atoms in total. The molecule has 0 spiro atoms. The molecule has 0 aliphatic heterocycles. The summed E-state index contributed by atoms with van der Waals surface area (Å²) in [6.07, 6.45) is -1.17. The highest BCUT2D eigenvalue weighted by molar-refractivity contribution is 8.00. The van der Waals surface area contributed by atoms with Crippen molar-refractivity contribution in [3.63, 3.8) is 0 Å². The fraction of sp³-hybridized carbons (Fsp3) is 0.135. The van der Waals surface area contributed by atoms with Crippen LogP contribution in [-0.2, 0) is 14.3 Å². The number of likely N-dealkylation sites (N-methyl/N-ethyl adjacent to an activating group) is 1. The number of rotatable bonds is 9. The van der Waals surface area contributed by atoms with Gasteiger partial charge < -0.3 is 10.5 Å². The fourth-order valence-corrected chi connectivity index (χ4v) is 7.61. The van der Waals surface area contributed by atoms with E-state index >= 15 is 0 Å². The van der Waals surface area contributed by atoms with Crippen LogP contribution in [0.15, 0.2) is 140 Å². The van der Waals surface area contributed by atoms with Crippen LogP contribution < -0.4 is 5.73 Å². The first kappa shape index (κ1) is 28.3. The summed E-state index contributed by atoms with van der Waals surface area (Å²) in [5.74, 6) is -0.348. The summed E-state index contributed by atoms with van der Waals surface area (Å²) in [5, 5.41) is 0. The van der Waals surface area contributed by atoms with Crippen LogP contribution in [0, 0.1) is 0 Å².